The molecule has 0 aromatic heterocycles. The molecule has 0 spiro atoms. The monoisotopic (exact) mass is 594 g/mol. The highest BCUT2D eigenvalue weighted by molar-refractivity contribution is 5.77. The van der Waals surface area contributed by atoms with Crippen LogP contribution in [0.4, 0.5) is 0 Å². The van der Waals surface area contributed by atoms with E-state index in [0.29, 0.717) is 11.8 Å². The van der Waals surface area contributed by atoms with Crippen LogP contribution in [0.1, 0.15) is 139 Å². The number of ether oxygens (including phenoxy) is 2. The molecule has 242 valence electrons. The zero-order valence-electron chi connectivity index (χ0n) is 28.8. The fourth-order valence-corrected chi connectivity index (χ4v) is 13.2. The maximum Gasteiger partial charge on any atom is 0.312 e. The van der Waals surface area contributed by atoms with Gasteiger partial charge in [0, 0.05) is 11.8 Å². The SMILES string of the molecule is CCC(C)(C)C(=O)OC1(C)CC2CC1C1C3CCC(C3)C21.CCC(C)(C)C(=O)OC1(CC)CC2CC1C1C3CCC(C3)C21. The minimum atomic E-state index is -0.335. The first-order valence-corrected chi connectivity index (χ1v) is 18.7. The summed E-state index contributed by atoms with van der Waals surface area (Å²) in [6, 6.07) is 0. The van der Waals surface area contributed by atoms with Gasteiger partial charge in [0.2, 0.25) is 0 Å². The van der Waals surface area contributed by atoms with E-state index in [1.54, 1.807) is 0 Å². The Bertz CT molecular complexity index is 1120. The second kappa shape index (κ2) is 10.2. The maximum absolute atomic E-state index is 12.7. The van der Waals surface area contributed by atoms with Crippen LogP contribution in [-0.4, -0.2) is 23.1 Å². The van der Waals surface area contributed by atoms with Gasteiger partial charge in [-0.3, -0.25) is 9.59 Å². The zero-order chi connectivity index (χ0) is 30.7. The molecule has 0 amide bonds. The Morgan fingerprint density at radius 2 is 1.05 bits per heavy atom. The van der Waals surface area contributed by atoms with Crippen molar-refractivity contribution in [2.24, 2.45) is 81.8 Å². The Morgan fingerprint density at radius 3 is 1.56 bits per heavy atom. The van der Waals surface area contributed by atoms with Gasteiger partial charge in [0.15, 0.2) is 0 Å². The Balaban J connectivity index is 0.000000140. The number of hydrogen-bond acceptors (Lipinski definition) is 4. The van der Waals surface area contributed by atoms with Gasteiger partial charge >= 0.3 is 11.9 Å². The van der Waals surface area contributed by atoms with E-state index < -0.39 is 0 Å². The molecule has 4 heteroatoms. The van der Waals surface area contributed by atoms with Crippen molar-refractivity contribution >= 4 is 11.9 Å². The van der Waals surface area contributed by atoms with Crippen LogP contribution in [0.15, 0.2) is 0 Å². The first-order chi connectivity index (χ1) is 20.3. The summed E-state index contributed by atoms with van der Waals surface area (Å²) in [6.07, 6.45) is 16.5. The molecule has 8 bridgehead atoms. The van der Waals surface area contributed by atoms with Crippen LogP contribution in [-0.2, 0) is 19.1 Å². The molecule has 0 heterocycles. The highest BCUT2D eigenvalue weighted by Gasteiger charge is 2.69. The van der Waals surface area contributed by atoms with Crippen LogP contribution in [0, 0.1) is 81.8 Å². The van der Waals surface area contributed by atoms with Crippen molar-refractivity contribution in [1.29, 1.82) is 0 Å². The van der Waals surface area contributed by atoms with Crippen molar-refractivity contribution in [2.45, 2.75) is 150 Å². The summed E-state index contributed by atoms with van der Waals surface area (Å²) in [7, 11) is 0. The molecule has 0 saturated heterocycles. The van der Waals surface area contributed by atoms with E-state index in [1.807, 2.05) is 27.7 Å². The molecule has 14 atom stereocenters. The van der Waals surface area contributed by atoms with Gasteiger partial charge in [0.05, 0.1) is 10.8 Å². The lowest BCUT2D eigenvalue weighted by atomic mass is 9.65. The molecule has 8 aliphatic rings. The van der Waals surface area contributed by atoms with Crippen LogP contribution in [0.2, 0.25) is 0 Å². The molecule has 8 saturated carbocycles. The van der Waals surface area contributed by atoms with E-state index in [-0.39, 0.29) is 34.0 Å². The Hall–Kier alpha value is -1.06. The maximum atomic E-state index is 12.7. The quantitative estimate of drug-likeness (QED) is 0.218. The van der Waals surface area contributed by atoms with Crippen LogP contribution >= 0.6 is 0 Å². The molecule has 8 aliphatic carbocycles. The van der Waals surface area contributed by atoms with Crippen LogP contribution in [0.5, 0.6) is 0 Å². The van der Waals surface area contributed by atoms with Gasteiger partial charge in [-0.2, -0.15) is 0 Å². The molecule has 8 rings (SSSR count). The van der Waals surface area contributed by atoms with E-state index in [1.165, 1.54) is 51.4 Å². The first kappa shape index (κ1) is 30.6. The van der Waals surface area contributed by atoms with E-state index in [2.05, 4.69) is 27.7 Å². The second-order valence-electron chi connectivity index (χ2n) is 18.6. The highest BCUT2D eigenvalue weighted by Crippen LogP contribution is 2.72. The Labute approximate surface area is 262 Å². The topological polar surface area (TPSA) is 52.6 Å². The van der Waals surface area contributed by atoms with Gasteiger partial charge in [0.25, 0.3) is 0 Å². The third-order valence-electron chi connectivity index (χ3n) is 16.1. The fraction of sp³-hybridized carbons (Fsp3) is 0.949. The number of hydrogen-bond donors (Lipinski definition) is 0. The first-order valence-electron chi connectivity index (χ1n) is 18.7. The molecule has 14 unspecified atom stereocenters. The van der Waals surface area contributed by atoms with E-state index >= 15 is 0 Å². The summed E-state index contributed by atoms with van der Waals surface area (Å²) >= 11 is 0. The van der Waals surface area contributed by atoms with Crippen molar-refractivity contribution in [3.8, 4) is 0 Å². The number of esters is 2. The minimum absolute atomic E-state index is 0.0276. The average Bonchev–Trinajstić information content (AvgIpc) is 3.81. The lowest BCUT2D eigenvalue weighted by Crippen LogP contribution is -2.49. The standard InChI is InChI=1S/C20H32O2.C19H30O2/c1-5-19(3,4)18(21)22-20(6-2)11-14-10-15(20)17-13-8-7-12(9-13)16(14)17;1-5-18(2,3)17(20)21-19(4)10-13-9-14(19)16-12-7-6-11(8-12)15(13)16/h12-17H,5-11H2,1-4H3;11-16H,5-10H2,1-4H3. The Kier molecular flexibility index (Phi) is 7.27. The lowest BCUT2D eigenvalue weighted by molar-refractivity contribution is -0.183. The van der Waals surface area contributed by atoms with Crippen LogP contribution in [0.25, 0.3) is 0 Å². The molecule has 0 aliphatic heterocycles. The van der Waals surface area contributed by atoms with Gasteiger partial charge < -0.3 is 9.47 Å². The van der Waals surface area contributed by atoms with Crippen molar-refractivity contribution in [1.82, 2.24) is 0 Å². The largest absolute Gasteiger partial charge is 0.459 e. The number of carbonyl (C=O) groups is 2. The number of carbonyl (C=O) groups excluding carboxylic acids is 2. The summed E-state index contributed by atoms with van der Waals surface area (Å²) in [4.78, 5) is 25.3. The smallest absolute Gasteiger partial charge is 0.312 e. The molecule has 0 aromatic rings. The minimum Gasteiger partial charge on any atom is -0.459 e. The normalized spacial score (nSPS) is 49.6. The molecule has 0 N–H and O–H groups in total. The van der Waals surface area contributed by atoms with Gasteiger partial charge in [0.1, 0.15) is 11.2 Å². The summed E-state index contributed by atoms with van der Waals surface area (Å²) in [5.74, 6) is 10.8. The fourth-order valence-electron chi connectivity index (χ4n) is 13.2. The molecular weight excluding hydrogens is 532 g/mol. The molecule has 0 radical (unpaired) electrons. The predicted octanol–water partition coefficient (Wildman–Crippen LogP) is 9.24. The molecule has 4 nitrogen and oxygen atoms in total. The van der Waals surface area contributed by atoms with Crippen LogP contribution in [0.3, 0.4) is 0 Å². The van der Waals surface area contributed by atoms with Crippen molar-refractivity contribution in [2.75, 3.05) is 0 Å². The van der Waals surface area contributed by atoms with Crippen LogP contribution < -0.4 is 0 Å². The third-order valence-corrected chi connectivity index (χ3v) is 16.1. The van der Waals surface area contributed by atoms with E-state index in [9.17, 15) is 9.59 Å². The van der Waals surface area contributed by atoms with Gasteiger partial charge in [-0.05, 0) is 177 Å². The van der Waals surface area contributed by atoms with Crippen molar-refractivity contribution in [3.63, 3.8) is 0 Å². The van der Waals surface area contributed by atoms with Gasteiger partial charge in [-0.25, -0.2) is 0 Å². The predicted molar refractivity (Wildman–Crippen MR) is 170 cm³/mol. The molecule has 43 heavy (non-hydrogen) atoms. The number of fused-ring (bicyclic) bond motifs is 18. The lowest BCUT2D eigenvalue weighted by Gasteiger charge is -2.46. The average molecular weight is 595 g/mol. The van der Waals surface area contributed by atoms with Crippen molar-refractivity contribution < 1.29 is 19.1 Å². The summed E-state index contributed by atoms with van der Waals surface area (Å²) in [6.45, 7) is 16.8. The van der Waals surface area contributed by atoms with Crippen molar-refractivity contribution in [3.05, 3.63) is 0 Å². The highest BCUT2D eigenvalue weighted by atomic mass is 16.6. The molecular formula is C39H62O4. The number of rotatable bonds is 7. The Morgan fingerprint density at radius 1 is 0.605 bits per heavy atom. The second-order valence-corrected chi connectivity index (χ2v) is 18.6. The summed E-state index contributed by atoms with van der Waals surface area (Å²) in [5, 5.41) is 0. The molecule has 8 fully saturated rings. The third kappa shape index (κ3) is 4.46. The summed E-state index contributed by atoms with van der Waals surface area (Å²) < 4.78 is 12.5. The van der Waals surface area contributed by atoms with E-state index in [4.69, 9.17) is 9.47 Å². The van der Waals surface area contributed by atoms with Gasteiger partial charge in [-0.1, -0.05) is 20.8 Å². The zero-order valence-corrected chi connectivity index (χ0v) is 28.8. The van der Waals surface area contributed by atoms with E-state index in [0.717, 1.165) is 91.3 Å². The van der Waals surface area contributed by atoms with Gasteiger partial charge in [-0.15, -0.1) is 0 Å². The molecule has 0 aromatic carbocycles. The summed E-state index contributed by atoms with van der Waals surface area (Å²) in [5.41, 5.74) is -0.962.